The van der Waals surface area contributed by atoms with E-state index < -0.39 is 15.9 Å². The van der Waals surface area contributed by atoms with Crippen LogP contribution in [0.4, 0.5) is 0 Å². The third-order valence-corrected chi connectivity index (χ3v) is 3.09. The zero-order valence-corrected chi connectivity index (χ0v) is 13.2. The molecule has 7 heteroatoms. The van der Waals surface area contributed by atoms with Crippen LogP contribution in [-0.4, -0.2) is 27.6 Å². The van der Waals surface area contributed by atoms with Gasteiger partial charge in [0.15, 0.2) is 6.23 Å². The molecule has 0 heterocycles. The summed E-state index contributed by atoms with van der Waals surface area (Å²) < 4.78 is 3.57. The van der Waals surface area contributed by atoms with Crippen molar-refractivity contribution >= 4 is 40.7 Å². The molecule has 0 spiro atoms. The Morgan fingerprint density at radius 1 is 1.40 bits per heavy atom. The van der Waals surface area contributed by atoms with Gasteiger partial charge in [-0.25, -0.2) is 0 Å². The van der Waals surface area contributed by atoms with Gasteiger partial charge in [-0.3, -0.25) is 4.79 Å². The topological polar surface area (TPSA) is 58.6 Å². The minimum absolute atomic E-state index is 0.0887. The molecule has 0 aromatic heterocycles. The molecule has 0 aliphatic carbocycles. The van der Waals surface area contributed by atoms with E-state index in [9.17, 15) is 9.90 Å². The van der Waals surface area contributed by atoms with Crippen molar-refractivity contribution < 1.29 is 14.6 Å². The molecule has 1 aromatic rings. The van der Waals surface area contributed by atoms with Crippen LogP contribution in [0.15, 0.2) is 24.3 Å². The average Bonchev–Trinajstić information content (AvgIpc) is 2.37. The number of rotatable bonds is 6. The molecule has 1 aromatic carbocycles. The molecule has 1 atom stereocenters. The zero-order chi connectivity index (χ0) is 15.2. The maximum absolute atomic E-state index is 12.0. The number of benzene rings is 1. The molecule has 0 radical (unpaired) electrons. The van der Waals surface area contributed by atoms with E-state index in [0.29, 0.717) is 6.61 Å². The number of ether oxygens (including phenoxy) is 1. The number of carbonyl (C=O) groups is 1. The number of aromatic hydroxyl groups is 1. The first kappa shape index (κ1) is 17.4. The van der Waals surface area contributed by atoms with Gasteiger partial charge in [0.2, 0.25) is 3.79 Å². The summed E-state index contributed by atoms with van der Waals surface area (Å²) in [7, 11) is 0. The van der Waals surface area contributed by atoms with Gasteiger partial charge in [-0.1, -0.05) is 60.3 Å². The van der Waals surface area contributed by atoms with Gasteiger partial charge in [0, 0.05) is 6.61 Å². The highest BCUT2D eigenvalue weighted by atomic mass is 35.6. The third kappa shape index (κ3) is 5.37. The summed E-state index contributed by atoms with van der Waals surface area (Å²) in [4.78, 5) is 12.0. The van der Waals surface area contributed by atoms with Crippen molar-refractivity contribution in [1.29, 1.82) is 0 Å². The molecular formula is C13H16Cl3NO3. The van der Waals surface area contributed by atoms with Gasteiger partial charge in [0.1, 0.15) is 5.75 Å². The summed E-state index contributed by atoms with van der Waals surface area (Å²) in [6.45, 7) is 2.35. The fourth-order valence-electron chi connectivity index (χ4n) is 1.43. The van der Waals surface area contributed by atoms with Crippen molar-refractivity contribution in [2.24, 2.45) is 0 Å². The van der Waals surface area contributed by atoms with E-state index in [0.717, 1.165) is 12.8 Å². The van der Waals surface area contributed by atoms with Crippen LogP contribution in [0.25, 0.3) is 0 Å². The molecule has 1 rings (SSSR count). The summed E-state index contributed by atoms with van der Waals surface area (Å²) in [6, 6.07) is 6.09. The Morgan fingerprint density at radius 3 is 2.60 bits per heavy atom. The van der Waals surface area contributed by atoms with Gasteiger partial charge in [-0.05, 0) is 18.6 Å². The second-order valence-electron chi connectivity index (χ2n) is 4.14. The Kier molecular flexibility index (Phi) is 6.89. The van der Waals surface area contributed by atoms with Crippen molar-refractivity contribution in [1.82, 2.24) is 5.32 Å². The molecule has 1 amide bonds. The maximum Gasteiger partial charge on any atom is 0.257 e. The number of alkyl halides is 3. The van der Waals surface area contributed by atoms with Crippen molar-refractivity contribution in [3.8, 4) is 5.75 Å². The number of carbonyl (C=O) groups excluding carboxylic acids is 1. The van der Waals surface area contributed by atoms with E-state index in [1.54, 1.807) is 12.1 Å². The van der Waals surface area contributed by atoms with Gasteiger partial charge in [0.25, 0.3) is 5.91 Å². The Labute approximate surface area is 133 Å². The molecule has 0 saturated heterocycles. The molecule has 4 nitrogen and oxygen atoms in total. The predicted octanol–water partition coefficient (Wildman–Crippen LogP) is 3.64. The first-order valence-corrected chi connectivity index (χ1v) is 7.26. The van der Waals surface area contributed by atoms with Crippen LogP contribution < -0.4 is 5.32 Å². The maximum atomic E-state index is 12.0. The summed E-state index contributed by atoms with van der Waals surface area (Å²) in [5, 5.41) is 12.1. The van der Waals surface area contributed by atoms with Gasteiger partial charge in [-0.2, -0.15) is 0 Å². The summed E-state index contributed by atoms with van der Waals surface area (Å²) in [5.41, 5.74) is 0.0887. The number of para-hydroxylation sites is 1. The standard InChI is InChI=1S/C13H16Cl3NO3/c1-2-3-8-20-12(13(14,15)16)17-11(19)9-6-4-5-7-10(9)18/h4-7,12,18H,2-3,8H2,1H3,(H,17,19)/t12-/m0/s1. The van der Waals surface area contributed by atoms with E-state index in [-0.39, 0.29) is 11.3 Å². The lowest BCUT2D eigenvalue weighted by Crippen LogP contribution is -2.45. The van der Waals surface area contributed by atoms with Crippen LogP contribution in [0.3, 0.4) is 0 Å². The number of halogens is 3. The number of phenols is 1. The van der Waals surface area contributed by atoms with Gasteiger partial charge < -0.3 is 15.2 Å². The number of hydrogen-bond acceptors (Lipinski definition) is 3. The molecule has 0 saturated carbocycles. The number of amides is 1. The Balaban J connectivity index is 2.74. The smallest absolute Gasteiger partial charge is 0.257 e. The van der Waals surface area contributed by atoms with Crippen molar-refractivity contribution in [2.75, 3.05) is 6.61 Å². The lowest BCUT2D eigenvalue weighted by molar-refractivity contribution is 0.0285. The second kappa shape index (κ2) is 7.93. The summed E-state index contributed by atoms with van der Waals surface area (Å²) in [5.74, 6) is -0.724. The predicted molar refractivity (Wildman–Crippen MR) is 80.5 cm³/mol. The number of unbranched alkanes of at least 4 members (excludes halogenated alkanes) is 1. The van der Waals surface area contributed by atoms with E-state index >= 15 is 0 Å². The fraction of sp³-hybridized carbons (Fsp3) is 0.462. The highest BCUT2D eigenvalue weighted by Crippen LogP contribution is 2.31. The second-order valence-corrected chi connectivity index (χ2v) is 6.51. The van der Waals surface area contributed by atoms with E-state index in [2.05, 4.69) is 5.32 Å². The van der Waals surface area contributed by atoms with Crippen molar-refractivity contribution in [3.63, 3.8) is 0 Å². The Hall–Kier alpha value is -0.680. The molecule has 0 aliphatic rings. The number of hydrogen-bond donors (Lipinski definition) is 2. The monoisotopic (exact) mass is 339 g/mol. The SMILES string of the molecule is CCCCO[C@H](NC(=O)c1ccccc1O)C(Cl)(Cl)Cl. The molecule has 0 unspecified atom stereocenters. The van der Waals surface area contributed by atoms with Crippen LogP contribution in [-0.2, 0) is 4.74 Å². The third-order valence-electron chi connectivity index (χ3n) is 2.49. The normalized spacial score (nSPS) is 13.0. The Morgan fingerprint density at radius 2 is 2.05 bits per heavy atom. The van der Waals surface area contributed by atoms with Gasteiger partial charge >= 0.3 is 0 Å². The lowest BCUT2D eigenvalue weighted by atomic mass is 10.2. The van der Waals surface area contributed by atoms with Gasteiger partial charge in [0.05, 0.1) is 5.56 Å². The minimum Gasteiger partial charge on any atom is -0.507 e. The fourth-order valence-corrected chi connectivity index (χ4v) is 1.78. The van der Waals surface area contributed by atoms with Crippen LogP contribution in [0, 0.1) is 0 Å². The average molecular weight is 341 g/mol. The van der Waals surface area contributed by atoms with E-state index in [4.69, 9.17) is 39.5 Å². The summed E-state index contributed by atoms with van der Waals surface area (Å²) in [6.07, 6.45) is 0.607. The van der Waals surface area contributed by atoms with Crippen LogP contribution in [0.2, 0.25) is 0 Å². The van der Waals surface area contributed by atoms with Crippen LogP contribution >= 0.6 is 34.8 Å². The highest BCUT2D eigenvalue weighted by Gasteiger charge is 2.35. The quantitative estimate of drug-likeness (QED) is 0.472. The largest absolute Gasteiger partial charge is 0.507 e. The van der Waals surface area contributed by atoms with Crippen molar-refractivity contribution in [3.05, 3.63) is 29.8 Å². The molecule has 112 valence electrons. The first-order valence-electron chi connectivity index (χ1n) is 6.13. The number of phenolic OH excluding ortho intramolecular Hbond substituents is 1. The van der Waals surface area contributed by atoms with E-state index in [1.165, 1.54) is 12.1 Å². The first-order chi connectivity index (χ1) is 9.36. The van der Waals surface area contributed by atoms with Crippen LogP contribution in [0.5, 0.6) is 5.75 Å². The molecule has 0 fully saturated rings. The van der Waals surface area contributed by atoms with Crippen molar-refractivity contribution in [2.45, 2.75) is 29.8 Å². The van der Waals surface area contributed by atoms with Gasteiger partial charge in [-0.15, -0.1) is 0 Å². The molecular weight excluding hydrogens is 325 g/mol. The highest BCUT2D eigenvalue weighted by molar-refractivity contribution is 6.68. The Bertz CT molecular complexity index is 449. The van der Waals surface area contributed by atoms with E-state index in [1.807, 2.05) is 6.92 Å². The van der Waals surface area contributed by atoms with Crippen LogP contribution in [0.1, 0.15) is 30.1 Å². The molecule has 2 N–H and O–H groups in total. The minimum atomic E-state index is -1.80. The molecule has 0 aliphatic heterocycles. The zero-order valence-electron chi connectivity index (χ0n) is 10.9. The molecule has 0 bridgehead atoms. The molecule has 20 heavy (non-hydrogen) atoms. The lowest BCUT2D eigenvalue weighted by Gasteiger charge is -2.25. The summed E-state index contributed by atoms with van der Waals surface area (Å²) >= 11 is 17.3. The number of nitrogens with one attached hydrogen (secondary N) is 1.